The number of hydrogen-bond donors (Lipinski definition) is 2. The number of carboxylic acids is 1. The van der Waals surface area contributed by atoms with Gasteiger partial charge in [-0.05, 0) is 25.0 Å². The van der Waals surface area contributed by atoms with E-state index in [1.54, 1.807) is 4.90 Å². The number of anilines is 3. The van der Waals surface area contributed by atoms with Crippen LogP contribution in [0.2, 0.25) is 0 Å². The summed E-state index contributed by atoms with van der Waals surface area (Å²) in [6, 6.07) is 7.77. The van der Waals surface area contributed by atoms with Gasteiger partial charge in [0.2, 0.25) is 0 Å². The molecule has 0 aliphatic carbocycles. The molecule has 120 valence electrons. The molecule has 1 aliphatic rings. The molecule has 1 aromatic heterocycles. The van der Waals surface area contributed by atoms with Gasteiger partial charge < -0.3 is 15.3 Å². The Morgan fingerprint density at radius 3 is 2.78 bits per heavy atom. The van der Waals surface area contributed by atoms with Crippen molar-refractivity contribution in [3.63, 3.8) is 0 Å². The number of aliphatic carboxylic acids is 1. The molecule has 1 aliphatic heterocycles. The van der Waals surface area contributed by atoms with Crippen LogP contribution in [0.15, 0.2) is 35.0 Å². The van der Waals surface area contributed by atoms with Gasteiger partial charge in [-0.1, -0.05) is 18.6 Å². The van der Waals surface area contributed by atoms with E-state index in [-0.39, 0.29) is 12.3 Å². The fourth-order valence-corrected chi connectivity index (χ4v) is 3.47. The zero-order valence-electron chi connectivity index (χ0n) is 12.6. The Balaban J connectivity index is 1.77. The molecule has 6 heteroatoms. The smallest absolute Gasteiger partial charge is 0.303 e. The first-order valence-corrected chi connectivity index (χ1v) is 8.57. The Morgan fingerprint density at radius 1 is 1.13 bits per heavy atom. The molecule has 1 amide bonds. The van der Waals surface area contributed by atoms with Gasteiger partial charge >= 0.3 is 5.97 Å². The quantitative estimate of drug-likeness (QED) is 0.783. The molecule has 0 bridgehead atoms. The van der Waals surface area contributed by atoms with Crippen LogP contribution in [0.3, 0.4) is 0 Å². The summed E-state index contributed by atoms with van der Waals surface area (Å²) < 4.78 is 0. The van der Waals surface area contributed by atoms with Gasteiger partial charge in [-0.2, -0.15) is 0 Å². The molecule has 2 N–H and O–H groups in total. The first-order valence-electron chi connectivity index (χ1n) is 7.62. The van der Waals surface area contributed by atoms with Gasteiger partial charge in [-0.15, -0.1) is 11.3 Å². The minimum absolute atomic E-state index is 0.00284. The maximum Gasteiger partial charge on any atom is 0.303 e. The van der Waals surface area contributed by atoms with Crippen LogP contribution in [-0.2, 0) is 4.79 Å². The Hall–Kier alpha value is -2.34. The fourth-order valence-electron chi connectivity index (χ4n) is 2.72. The van der Waals surface area contributed by atoms with Gasteiger partial charge in [-0.25, -0.2) is 0 Å². The van der Waals surface area contributed by atoms with Gasteiger partial charge in [0.1, 0.15) is 0 Å². The number of carbonyl (C=O) groups excluding carboxylic acids is 1. The highest BCUT2D eigenvalue weighted by Gasteiger charge is 2.26. The van der Waals surface area contributed by atoms with Gasteiger partial charge in [0, 0.05) is 23.7 Å². The SMILES string of the molecule is O=C(O)CCCCCN1C(=O)c2cscc2Nc2ccccc21. The van der Waals surface area contributed by atoms with E-state index in [0.29, 0.717) is 18.5 Å². The first kappa shape index (κ1) is 15.6. The van der Waals surface area contributed by atoms with Crippen molar-refractivity contribution in [2.75, 3.05) is 16.8 Å². The summed E-state index contributed by atoms with van der Waals surface area (Å²) >= 11 is 1.50. The predicted octanol–water partition coefficient (Wildman–Crippen LogP) is 4.10. The first-order chi connectivity index (χ1) is 11.2. The van der Waals surface area contributed by atoms with E-state index < -0.39 is 5.97 Å². The van der Waals surface area contributed by atoms with Crippen LogP contribution in [-0.4, -0.2) is 23.5 Å². The molecule has 2 heterocycles. The molecule has 3 rings (SSSR count). The molecule has 1 aromatic carbocycles. The van der Waals surface area contributed by atoms with Crippen molar-refractivity contribution in [3.8, 4) is 0 Å². The van der Waals surface area contributed by atoms with Crippen LogP contribution in [0.25, 0.3) is 0 Å². The highest BCUT2D eigenvalue weighted by Crippen LogP contribution is 2.37. The predicted molar refractivity (Wildman–Crippen MR) is 91.8 cm³/mol. The summed E-state index contributed by atoms with van der Waals surface area (Å²) in [5, 5.41) is 15.8. The molecule has 23 heavy (non-hydrogen) atoms. The van der Waals surface area contributed by atoms with Crippen LogP contribution in [0, 0.1) is 0 Å². The lowest BCUT2D eigenvalue weighted by Gasteiger charge is -2.22. The molecule has 0 fully saturated rings. The second-order valence-corrected chi connectivity index (χ2v) is 6.25. The second-order valence-electron chi connectivity index (χ2n) is 5.50. The van der Waals surface area contributed by atoms with Crippen LogP contribution in [0.4, 0.5) is 17.1 Å². The van der Waals surface area contributed by atoms with E-state index in [0.717, 1.165) is 29.9 Å². The summed E-state index contributed by atoms with van der Waals surface area (Å²) in [7, 11) is 0. The van der Waals surface area contributed by atoms with E-state index >= 15 is 0 Å². The van der Waals surface area contributed by atoms with Gasteiger partial charge in [0.15, 0.2) is 0 Å². The number of nitrogens with one attached hydrogen (secondary N) is 1. The molecular formula is C17H18N2O3S. The number of unbranched alkanes of at least 4 members (excludes halogenated alkanes) is 2. The number of benzene rings is 1. The number of nitrogens with zero attached hydrogens (tertiary/aromatic N) is 1. The number of amides is 1. The summed E-state index contributed by atoms with van der Waals surface area (Å²) in [5.74, 6) is -0.773. The van der Waals surface area contributed by atoms with Crippen molar-refractivity contribution in [1.29, 1.82) is 0 Å². The minimum Gasteiger partial charge on any atom is -0.481 e. The van der Waals surface area contributed by atoms with Crippen LogP contribution < -0.4 is 10.2 Å². The molecule has 0 saturated carbocycles. The second kappa shape index (κ2) is 6.83. The molecule has 0 atom stereocenters. The van der Waals surface area contributed by atoms with Gasteiger partial charge in [-0.3, -0.25) is 9.59 Å². The minimum atomic E-state index is -0.770. The number of carbonyl (C=O) groups is 2. The van der Waals surface area contributed by atoms with E-state index in [1.807, 2.05) is 35.0 Å². The standard InChI is InChI=1S/C17H18N2O3S/c20-16(21)8-2-1-5-9-19-15-7-4-3-6-13(15)18-14-11-23-10-12(14)17(19)22/h3-4,6-7,10-11,18H,1-2,5,8-9H2,(H,20,21). The van der Waals surface area contributed by atoms with E-state index in [2.05, 4.69) is 5.32 Å². The third kappa shape index (κ3) is 3.37. The Labute approximate surface area is 138 Å². The van der Waals surface area contributed by atoms with Gasteiger partial charge in [0.25, 0.3) is 5.91 Å². The Bertz CT molecular complexity index is 726. The molecule has 0 saturated heterocycles. The largest absolute Gasteiger partial charge is 0.481 e. The lowest BCUT2D eigenvalue weighted by atomic mass is 10.1. The maximum atomic E-state index is 12.8. The van der Waals surface area contributed by atoms with Crippen molar-refractivity contribution in [2.45, 2.75) is 25.7 Å². The number of rotatable bonds is 6. The van der Waals surface area contributed by atoms with Crippen LogP contribution in [0.1, 0.15) is 36.0 Å². The third-order valence-corrected chi connectivity index (χ3v) is 4.62. The number of hydrogen-bond acceptors (Lipinski definition) is 4. The Morgan fingerprint density at radius 2 is 1.96 bits per heavy atom. The van der Waals surface area contributed by atoms with E-state index in [4.69, 9.17) is 5.11 Å². The fraction of sp³-hybridized carbons (Fsp3) is 0.294. The molecule has 5 nitrogen and oxygen atoms in total. The molecular weight excluding hydrogens is 312 g/mol. The van der Waals surface area contributed by atoms with Crippen molar-refractivity contribution in [2.24, 2.45) is 0 Å². The van der Waals surface area contributed by atoms with Crippen LogP contribution in [0.5, 0.6) is 0 Å². The summed E-state index contributed by atoms with van der Waals surface area (Å²) in [6.45, 7) is 0.590. The average molecular weight is 330 g/mol. The molecule has 0 radical (unpaired) electrons. The topological polar surface area (TPSA) is 69.6 Å². The number of carboxylic acid groups (broad SMARTS) is 1. The van der Waals surface area contributed by atoms with E-state index in [9.17, 15) is 9.59 Å². The van der Waals surface area contributed by atoms with Crippen LogP contribution >= 0.6 is 11.3 Å². The Kier molecular flexibility index (Phi) is 4.62. The molecule has 2 aromatic rings. The van der Waals surface area contributed by atoms with E-state index in [1.165, 1.54) is 11.3 Å². The van der Waals surface area contributed by atoms with Crippen molar-refractivity contribution in [1.82, 2.24) is 0 Å². The van der Waals surface area contributed by atoms with Crippen molar-refractivity contribution < 1.29 is 14.7 Å². The lowest BCUT2D eigenvalue weighted by molar-refractivity contribution is -0.137. The molecule has 0 unspecified atom stereocenters. The average Bonchev–Trinajstić information content (AvgIpc) is 2.95. The zero-order chi connectivity index (χ0) is 16.2. The third-order valence-electron chi connectivity index (χ3n) is 3.87. The van der Waals surface area contributed by atoms with Gasteiger partial charge in [0.05, 0.1) is 22.6 Å². The lowest BCUT2D eigenvalue weighted by Crippen LogP contribution is -2.31. The summed E-state index contributed by atoms with van der Waals surface area (Å²) in [4.78, 5) is 25.2. The number of thiophene rings is 1. The highest BCUT2D eigenvalue weighted by molar-refractivity contribution is 7.08. The maximum absolute atomic E-state index is 12.8. The summed E-state index contributed by atoms with van der Waals surface area (Å²) in [6.07, 6.45) is 2.40. The monoisotopic (exact) mass is 330 g/mol. The zero-order valence-corrected chi connectivity index (χ0v) is 13.4. The number of para-hydroxylation sites is 2. The number of fused-ring (bicyclic) bond motifs is 2. The molecule has 0 spiro atoms. The summed E-state index contributed by atoms with van der Waals surface area (Å²) in [5.41, 5.74) is 3.33. The van der Waals surface area contributed by atoms with Crippen molar-refractivity contribution in [3.05, 3.63) is 40.6 Å². The van der Waals surface area contributed by atoms with Crippen molar-refractivity contribution >= 4 is 40.3 Å². The highest BCUT2D eigenvalue weighted by atomic mass is 32.1. The normalized spacial score (nSPS) is 13.0.